The van der Waals surface area contributed by atoms with Crippen LogP contribution in [-0.2, 0) is 0 Å². The summed E-state index contributed by atoms with van der Waals surface area (Å²) in [6.07, 6.45) is 9.76. The highest BCUT2D eigenvalue weighted by atomic mass is 32.2. The first-order valence-corrected chi connectivity index (χ1v) is 8.33. The topological polar surface area (TPSA) is 12.0 Å². The average Bonchev–Trinajstić information content (AvgIpc) is 2.78. The molecule has 2 aliphatic rings. The molecule has 1 nitrogen and oxygen atoms in total. The van der Waals surface area contributed by atoms with Crippen LogP contribution in [0.1, 0.15) is 46.0 Å². The van der Waals surface area contributed by atoms with E-state index in [2.05, 4.69) is 25.4 Å². The first-order chi connectivity index (χ1) is 7.69. The Kier molecular flexibility index (Phi) is 4.60. The van der Waals surface area contributed by atoms with Gasteiger partial charge in [-0.15, -0.1) is 0 Å². The van der Waals surface area contributed by atoms with E-state index < -0.39 is 0 Å². The number of rotatable bonds is 6. The number of hydrogen-bond donors (Lipinski definition) is 1. The maximum atomic E-state index is 3.75. The molecule has 2 fully saturated rings. The second-order valence-corrected chi connectivity index (χ2v) is 7.01. The Labute approximate surface area is 105 Å². The Morgan fingerprint density at radius 2 is 2.00 bits per heavy atom. The zero-order chi connectivity index (χ0) is 11.5. The first kappa shape index (κ1) is 12.8. The molecule has 2 saturated carbocycles. The third-order valence-electron chi connectivity index (χ3n) is 4.53. The smallest absolute Gasteiger partial charge is 0.0132 e. The van der Waals surface area contributed by atoms with Crippen LogP contribution >= 0.6 is 11.8 Å². The summed E-state index contributed by atoms with van der Waals surface area (Å²) in [5.41, 5.74) is 0. The van der Waals surface area contributed by atoms with Crippen molar-refractivity contribution in [2.75, 3.05) is 12.0 Å². The summed E-state index contributed by atoms with van der Waals surface area (Å²) in [6, 6.07) is 1.38. The lowest BCUT2D eigenvalue weighted by Crippen LogP contribution is -2.37. The Balaban J connectivity index is 1.69. The van der Waals surface area contributed by atoms with Gasteiger partial charge in [0.2, 0.25) is 0 Å². The van der Waals surface area contributed by atoms with E-state index in [0.29, 0.717) is 12.1 Å². The fraction of sp³-hybridized carbons (Fsp3) is 1.00. The minimum absolute atomic E-state index is 0.670. The summed E-state index contributed by atoms with van der Waals surface area (Å²) in [5.74, 6) is 4.47. The van der Waals surface area contributed by atoms with E-state index in [1.165, 1.54) is 31.4 Å². The van der Waals surface area contributed by atoms with Gasteiger partial charge >= 0.3 is 0 Å². The largest absolute Gasteiger partial charge is 0.311 e. The van der Waals surface area contributed by atoms with Gasteiger partial charge in [0.25, 0.3) is 0 Å². The van der Waals surface area contributed by atoms with Crippen molar-refractivity contribution in [1.29, 1.82) is 0 Å². The predicted octanol–water partition coefficient (Wildman–Crippen LogP) is 3.54. The van der Waals surface area contributed by atoms with Crippen molar-refractivity contribution in [1.82, 2.24) is 5.32 Å². The van der Waals surface area contributed by atoms with Gasteiger partial charge in [-0.25, -0.2) is 0 Å². The minimum atomic E-state index is 0.670. The van der Waals surface area contributed by atoms with Gasteiger partial charge < -0.3 is 5.32 Å². The molecule has 2 bridgehead atoms. The molecule has 0 spiro atoms. The second kappa shape index (κ2) is 5.77. The molecular weight excluding hydrogens is 214 g/mol. The van der Waals surface area contributed by atoms with Gasteiger partial charge in [-0.05, 0) is 63.5 Å². The van der Waals surface area contributed by atoms with Crippen LogP contribution in [-0.4, -0.2) is 24.1 Å². The van der Waals surface area contributed by atoms with Gasteiger partial charge in [0.15, 0.2) is 0 Å². The number of fused-ring (bicyclic) bond motifs is 2. The van der Waals surface area contributed by atoms with Crippen LogP contribution in [0.2, 0.25) is 0 Å². The van der Waals surface area contributed by atoms with E-state index in [1.54, 1.807) is 6.42 Å². The molecule has 5 atom stereocenters. The standard InChI is InChI=1S/C14H27NS/c1-10(15-11(2)9-16-3)6-14-8-12-4-5-13(14)7-12/h10-15H,4-9H2,1-3H3/t10-,11-,12-,13-,14+/m0/s1. The molecule has 0 amide bonds. The van der Waals surface area contributed by atoms with Gasteiger partial charge in [0.1, 0.15) is 0 Å². The molecule has 0 aromatic rings. The molecule has 2 rings (SSSR count). The SMILES string of the molecule is CSC[C@H](C)N[C@@H](C)C[C@@H]1C[C@H]2CC[C@H]1C2. The third kappa shape index (κ3) is 3.16. The summed E-state index contributed by atoms with van der Waals surface area (Å²) in [7, 11) is 0. The Morgan fingerprint density at radius 3 is 2.56 bits per heavy atom. The molecule has 2 heteroatoms. The second-order valence-electron chi connectivity index (χ2n) is 6.09. The molecule has 16 heavy (non-hydrogen) atoms. The van der Waals surface area contributed by atoms with E-state index in [-0.39, 0.29) is 0 Å². The molecule has 0 unspecified atom stereocenters. The molecule has 0 aliphatic heterocycles. The van der Waals surface area contributed by atoms with Gasteiger partial charge in [0, 0.05) is 17.8 Å². The van der Waals surface area contributed by atoms with E-state index in [0.717, 1.165) is 17.8 Å². The van der Waals surface area contributed by atoms with Crippen molar-refractivity contribution >= 4 is 11.8 Å². The molecule has 1 N–H and O–H groups in total. The van der Waals surface area contributed by atoms with Crippen molar-refractivity contribution in [2.45, 2.75) is 58.0 Å². The number of thioether (sulfide) groups is 1. The van der Waals surface area contributed by atoms with Crippen LogP contribution in [0, 0.1) is 17.8 Å². The Morgan fingerprint density at radius 1 is 1.19 bits per heavy atom. The molecule has 0 heterocycles. The van der Waals surface area contributed by atoms with Crippen LogP contribution in [0.25, 0.3) is 0 Å². The first-order valence-electron chi connectivity index (χ1n) is 6.94. The highest BCUT2D eigenvalue weighted by molar-refractivity contribution is 7.98. The fourth-order valence-corrected chi connectivity index (χ4v) is 4.57. The highest BCUT2D eigenvalue weighted by Crippen LogP contribution is 2.49. The summed E-state index contributed by atoms with van der Waals surface area (Å²) in [4.78, 5) is 0. The van der Waals surface area contributed by atoms with Crippen molar-refractivity contribution in [3.63, 3.8) is 0 Å². The minimum Gasteiger partial charge on any atom is -0.311 e. The van der Waals surface area contributed by atoms with Gasteiger partial charge in [-0.2, -0.15) is 11.8 Å². The van der Waals surface area contributed by atoms with Crippen LogP contribution in [0.3, 0.4) is 0 Å². The van der Waals surface area contributed by atoms with Crippen LogP contribution in [0.4, 0.5) is 0 Å². The zero-order valence-electron chi connectivity index (χ0n) is 11.0. The summed E-state index contributed by atoms with van der Waals surface area (Å²) in [6.45, 7) is 4.69. The van der Waals surface area contributed by atoms with Crippen molar-refractivity contribution in [3.8, 4) is 0 Å². The van der Waals surface area contributed by atoms with Crippen molar-refractivity contribution in [2.24, 2.45) is 17.8 Å². The highest BCUT2D eigenvalue weighted by Gasteiger charge is 2.39. The quantitative estimate of drug-likeness (QED) is 0.763. The summed E-state index contributed by atoms with van der Waals surface area (Å²) >= 11 is 1.94. The maximum Gasteiger partial charge on any atom is 0.0132 e. The molecule has 2 aliphatic carbocycles. The van der Waals surface area contributed by atoms with E-state index in [9.17, 15) is 0 Å². The van der Waals surface area contributed by atoms with E-state index in [4.69, 9.17) is 0 Å². The lowest BCUT2D eigenvalue weighted by molar-refractivity contribution is 0.279. The molecule has 0 saturated heterocycles. The normalized spacial score (nSPS) is 36.6. The number of hydrogen-bond acceptors (Lipinski definition) is 2. The zero-order valence-corrected chi connectivity index (χ0v) is 11.9. The average molecular weight is 241 g/mol. The van der Waals surface area contributed by atoms with Crippen molar-refractivity contribution in [3.05, 3.63) is 0 Å². The van der Waals surface area contributed by atoms with Crippen molar-refractivity contribution < 1.29 is 0 Å². The summed E-state index contributed by atoms with van der Waals surface area (Å²) in [5, 5.41) is 3.75. The van der Waals surface area contributed by atoms with Crippen LogP contribution in [0.5, 0.6) is 0 Å². The van der Waals surface area contributed by atoms with E-state index >= 15 is 0 Å². The third-order valence-corrected chi connectivity index (χ3v) is 5.36. The van der Waals surface area contributed by atoms with Crippen LogP contribution in [0.15, 0.2) is 0 Å². The monoisotopic (exact) mass is 241 g/mol. The maximum absolute atomic E-state index is 3.75. The predicted molar refractivity (Wildman–Crippen MR) is 74.0 cm³/mol. The lowest BCUT2D eigenvalue weighted by Gasteiger charge is -2.27. The molecule has 0 aromatic carbocycles. The molecule has 0 radical (unpaired) electrons. The number of nitrogens with one attached hydrogen (secondary N) is 1. The molecule has 0 aromatic heterocycles. The van der Waals surface area contributed by atoms with E-state index in [1.807, 2.05) is 11.8 Å². The Bertz CT molecular complexity index is 219. The Hall–Kier alpha value is 0.310. The molecular formula is C14H27NS. The van der Waals surface area contributed by atoms with Gasteiger partial charge in [-0.3, -0.25) is 0 Å². The fourth-order valence-electron chi connectivity index (χ4n) is 3.97. The van der Waals surface area contributed by atoms with Gasteiger partial charge in [0.05, 0.1) is 0 Å². The lowest BCUT2D eigenvalue weighted by atomic mass is 9.84. The summed E-state index contributed by atoms with van der Waals surface area (Å²) < 4.78 is 0. The van der Waals surface area contributed by atoms with Crippen LogP contribution < -0.4 is 5.32 Å². The van der Waals surface area contributed by atoms with Gasteiger partial charge in [-0.1, -0.05) is 6.42 Å². The molecule has 94 valence electrons.